The van der Waals surface area contributed by atoms with Gasteiger partial charge in [0.1, 0.15) is 6.10 Å². The molecule has 0 radical (unpaired) electrons. The van der Waals surface area contributed by atoms with Gasteiger partial charge < -0.3 is 10.0 Å². The number of aliphatic hydroxyl groups is 1. The maximum absolute atomic E-state index is 11.8. The summed E-state index contributed by atoms with van der Waals surface area (Å²) in [6.45, 7) is 9.57. The highest BCUT2D eigenvalue weighted by atomic mass is 16.3. The average molecular weight is 235 g/mol. The SMILES string of the molecule is Cc1cc(C)c(C)c(N(C)C(=O)C(C)O)c1C. The first-order chi connectivity index (χ1) is 7.77. The molecule has 0 bridgehead atoms. The van der Waals surface area contributed by atoms with Crippen LogP contribution in [0.4, 0.5) is 5.69 Å². The van der Waals surface area contributed by atoms with E-state index in [9.17, 15) is 9.90 Å². The topological polar surface area (TPSA) is 40.5 Å². The smallest absolute Gasteiger partial charge is 0.255 e. The molecule has 1 unspecified atom stereocenters. The van der Waals surface area contributed by atoms with Gasteiger partial charge in [0.2, 0.25) is 0 Å². The Balaban J connectivity index is 3.35. The van der Waals surface area contributed by atoms with Crippen LogP contribution in [-0.2, 0) is 4.79 Å². The molecule has 0 aliphatic rings. The highest BCUT2D eigenvalue weighted by molar-refractivity contribution is 5.97. The van der Waals surface area contributed by atoms with Crippen molar-refractivity contribution in [1.82, 2.24) is 0 Å². The molecule has 1 rings (SSSR count). The number of likely N-dealkylation sites (N-methyl/N-ethyl adjacent to an activating group) is 1. The number of aryl methyl sites for hydroxylation is 2. The molecule has 1 atom stereocenters. The zero-order valence-electron chi connectivity index (χ0n) is 11.5. The molecule has 0 aliphatic heterocycles. The predicted molar refractivity (Wildman–Crippen MR) is 70.5 cm³/mol. The van der Waals surface area contributed by atoms with Crippen LogP contribution in [0.5, 0.6) is 0 Å². The van der Waals surface area contributed by atoms with E-state index >= 15 is 0 Å². The summed E-state index contributed by atoms with van der Waals surface area (Å²) >= 11 is 0. The fourth-order valence-corrected chi connectivity index (χ4v) is 2.09. The summed E-state index contributed by atoms with van der Waals surface area (Å²) in [4.78, 5) is 13.4. The molecule has 0 saturated carbocycles. The number of hydrogen-bond donors (Lipinski definition) is 1. The Bertz CT molecular complexity index is 424. The molecule has 94 valence electrons. The molecule has 0 aliphatic carbocycles. The van der Waals surface area contributed by atoms with Crippen LogP contribution in [0.2, 0.25) is 0 Å². The van der Waals surface area contributed by atoms with Crippen molar-refractivity contribution in [2.75, 3.05) is 11.9 Å². The minimum absolute atomic E-state index is 0.277. The van der Waals surface area contributed by atoms with Crippen molar-refractivity contribution in [2.24, 2.45) is 0 Å². The van der Waals surface area contributed by atoms with Crippen LogP contribution in [0.15, 0.2) is 6.07 Å². The van der Waals surface area contributed by atoms with Crippen molar-refractivity contribution in [1.29, 1.82) is 0 Å². The zero-order valence-corrected chi connectivity index (χ0v) is 11.5. The fraction of sp³-hybridized carbons (Fsp3) is 0.500. The fourth-order valence-electron chi connectivity index (χ4n) is 2.09. The van der Waals surface area contributed by atoms with Crippen LogP contribution in [0.25, 0.3) is 0 Å². The van der Waals surface area contributed by atoms with Gasteiger partial charge in [0.05, 0.1) is 0 Å². The first kappa shape index (κ1) is 13.7. The maximum atomic E-state index is 11.8. The first-order valence-electron chi connectivity index (χ1n) is 5.80. The third kappa shape index (κ3) is 2.50. The monoisotopic (exact) mass is 235 g/mol. The van der Waals surface area contributed by atoms with E-state index < -0.39 is 6.10 Å². The van der Waals surface area contributed by atoms with Crippen LogP contribution in [0, 0.1) is 27.7 Å². The van der Waals surface area contributed by atoms with E-state index in [0.29, 0.717) is 0 Å². The van der Waals surface area contributed by atoms with E-state index in [2.05, 4.69) is 6.07 Å². The van der Waals surface area contributed by atoms with Gasteiger partial charge in [-0.05, 0) is 56.9 Å². The minimum Gasteiger partial charge on any atom is -0.384 e. The summed E-state index contributed by atoms with van der Waals surface area (Å²) in [5.41, 5.74) is 5.41. The highest BCUT2D eigenvalue weighted by Gasteiger charge is 2.20. The average Bonchev–Trinajstić information content (AvgIpc) is 2.25. The second-order valence-corrected chi connectivity index (χ2v) is 4.68. The molecule has 17 heavy (non-hydrogen) atoms. The van der Waals surface area contributed by atoms with E-state index in [1.165, 1.54) is 6.92 Å². The number of aliphatic hydroxyl groups excluding tert-OH is 1. The standard InChI is InChI=1S/C14H21NO2/c1-8-7-9(2)11(4)13(10(8)3)15(6)14(17)12(5)16/h7,12,16H,1-6H3. The second-order valence-electron chi connectivity index (χ2n) is 4.68. The van der Waals surface area contributed by atoms with Crippen molar-refractivity contribution in [3.8, 4) is 0 Å². The molecular weight excluding hydrogens is 214 g/mol. The molecule has 1 amide bonds. The van der Waals surface area contributed by atoms with E-state index in [0.717, 1.165) is 27.9 Å². The van der Waals surface area contributed by atoms with Gasteiger partial charge in [0.15, 0.2) is 0 Å². The summed E-state index contributed by atoms with van der Waals surface area (Å²) in [5, 5.41) is 9.38. The number of hydrogen-bond acceptors (Lipinski definition) is 2. The van der Waals surface area contributed by atoms with Crippen LogP contribution >= 0.6 is 0 Å². The first-order valence-corrected chi connectivity index (χ1v) is 5.80. The van der Waals surface area contributed by atoms with E-state index in [-0.39, 0.29) is 5.91 Å². The Morgan fingerprint density at radius 2 is 1.59 bits per heavy atom. The van der Waals surface area contributed by atoms with Gasteiger partial charge in [-0.3, -0.25) is 4.79 Å². The maximum Gasteiger partial charge on any atom is 0.255 e. The van der Waals surface area contributed by atoms with E-state index in [1.54, 1.807) is 11.9 Å². The number of amides is 1. The van der Waals surface area contributed by atoms with Gasteiger partial charge in [-0.1, -0.05) is 6.07 Å². The lowest BCUT2D eigenvalue weighted by Crippen LogP contribution is -2.35. The van der Waals surface area contributed by atoms with Gasteiger partial charge in [0, 0.05) is 12.7 Å². The summed E-state index contributed by atoms with van der Waals surface area (Å²) in [7, 11) is 1.71. The molecular formula is C14H21NO2. The number of carbonyl (C=O) groups excluding carboxylic acids is 1. The Hall–Kier alpha value is -1.35. The molecule has 0 heterocycles. The lowest BCUT2D eigenvalue weighted by atomic mass is 9.98. The molecule has 0 spiro atoms. The lowest BCUT2D eigenvalue weighted by molar-refractivity contribution is -0.125. The zero-order chi connectivity index (χ0) is 13.3. The van der Waals surface area contributed by atoms with Crippen LogP contribution in [0.1, 0.15) is 29.2 Å². The molecule has 0 aromatic heterocycles. The van der Waals surface area contributed by atoms with Crippen LogP contribution in [-0.4, -0.2) is 24.2 Å². The highest BCUT2D eigenvalue weighted by Crippen LogP contribution is 2.29. The summed E-state index contributed by atoms with van der Waals surface area (Å²) in [6, 6.07) is 2.12. The van der Waals surface area contributed by atoms with Gasteiger partial charge in [-0.25, -0.2) is 0 Å². The quantitative estimate of drug-likeness (QED) is 0.854. The van der Waals surface area contributed by atoms with Crippen LogP contribution in [0.3, 0.4) is 0 Å². The van der Waals surface area contributed by atoms with Crippen molar-refractivity contribution < 1.29 is 9.90 Å². The van der Waals surface area contributed by atoms with Crippen molar-refractivity contribution in [2.45, 2.75) is 40.7 Å². The Morgan fingerprint density at radius 1 is 1.18 bits per heavy atom. The number of rotatable bonds is 2. The molecule has 1 aromatic carbocycles. The van der Waals surface area contributed by atoms with Crippen molar-refractivity contribution in [3.63, 3.8) is 0 Å². The number of anilines is 1. The minimum atomic E-state index is -0.973. The molecule has 1 N–H and O–H groups in total. The summed E-state index contributed by atoms with van der Waals surface area (Å²) in [6.07, 6.45) is -0.973. The molecule has 0 fully saturated rings. The van der Waals surface area contributed by atoms with Crippen LogP contribution < -0.4 is 4.90 Å². The number of benzene rings is 1. The van der Waals surface area contributed by atoms with Gasteiger partial charge in [-0.2, -0.15) is 0 Å². The largest absolute Gasteiger partial charge is 0.384 e. The third-order valence-electron chi connectivity index (χ3n) is 3.35. The van der Waals surface area contributed by atoms with Gasteiger partial charge >= 0.3 is 0 Å². The third-order valence-corrected chi connectivity index (χ3v) is 3.35. The van der Waals surface area contributed by atoms with E-state index in [4.69, 9.17) is 0 Å². The van der Waals surface area contributed by atoms with Crippen molar-refractivity contribution in [3.05, 3.63) is 28.3 Å². The molecule has 1 aromatic rings. The predicted octanol–water partition coefficient (Wildman–Crippen LogP) is 2.26. The van der Waals surface area contributed by atoms with Crippen molar-refractivity contribution >= 4 is 11.6 Å². The summed E-state index contributed by atoms with van der Waals surface area (Å²) < 4.78 is 0. The Labute approximate surface area is 103 Å². The second kappa shape index (κ2) is 4.88. The Morgan fingerprint density at radius 3 is 1.94 bits per heavy atom. The number of carbonyl (C=O) groups is 1. The lowest BCUT2D eigenvalue weighted by Gasteiger charge is -2.25. The molecule has 3 nitrogen and oxygen atoms in total. The molecule has 3 heteroatoms. The van der Waals surface area contributed by atoms with E-state index in [1.807, 2.05) is 27.7 Å². The van der Waals surface area contributed by atoms with Gasteiger partial charge in [-0.15, -0.1) is 0 Å². The van der Waals surface area contributed by atoms with Gasteiger partial charge in [0.25, 0.3) is 5.91 Å². The normalized spacial score (nSPS) is 12.4. The number of nitrogens with zero attached hydrogens (tertiary/aromatic N) is 1. The Kier molecular flexibility index (Phi) is 3.94. The molecule has 0 saturated heterocycles. The summed E-state index contributed by atoms with van der Waals surface area (Å²) in [5.74, 6) is -0.277.